The maximum absolute atomic E-state index is 4.81. The lowest BCUT2D eigenvalue weighted by atomic mass is 10.1. The molecular formula is C17H30N4. The van der Waals surface area contributed by atoms with Crippen molar-refractivity contribution in [2.75, 3.05) is 23.3 Å². The zero-order valence-corrected chi connectivity index (χ0v) is 14.0. The third kappa shape index (κ3) is 4.32. The molecule has 0 spiro atoms. The van der Waals surface area contributed by atoms with E-state index in [0.29, 0.717) is 12.0 Å². The molecule has 21 heavy (non-hydrogen) atoms. The van der Waals surface area contributed by atoms with Crippen LogP contribution in [0.3, 0.4) is 0 Å². The van der Waals surface area contributed by atoms with Crippen molar-refractivity contribution in [3.8, 4) is 0 Å². The first-order valence-corrected chi connectivity index (χ1v) is 8.52. The molecule has 1 fully saturated rings. The molecule has 0 amide bonds. The minimum Gasteiger partial charge on any atom is -0.370 e. The molecule has 1 heterocycles. The van der Waals surface area contributed by atoms with Gasteiger partial charge in [0.2, 0.25) is 0 Å². The van der Waals surface area contributed by atoms with Gasteiger partial charge in [0, 0.05) is 31.6 Å². The molecule has 1 aromatic heterocycles. The molecule has 1 N–H and O–H groups in total. The lowest BCUT2D eigenvalue weighted by Gasteiger charge is -2.32. The summed E-state index contributed by atoms with van der Waals surface area (Å²) in [5.74, 6) is 3.66. The molecule has 0 radical (unpaired) electrons. The highest BCUT2D eigenvalue weighted by molar-refractivity contribution is 5.50. The Morgan fingerprint density at radius 2 is 1.95 bits per heavy atom. The molecule has 0 saturated heterocycles. The summed E-state index contributed by atoms with van der Waals surface area (Å²) in [4.78, 5) is 11.9. The van der Waals surface area contributed by atoms with Crippen LogP contribution in [0.1, 0.15) is 59.2 Å². The smallest absolute Gasteiger partial charge is 0.134 e. The Balaban J connectivity index is 2.30. The summed E-state index contributed by atoms with van der Waals surface area (Å²) in [6.07, 6.45) is 6.19. The van der Waals surface area contributed by atoms with E-state index in [1.54, 1.807) is 0 Å². The molecule has 0 aliphatic heterocycles. The van der Waals surface area contributed by atoms with Gasteiger partial charge in [0.05, 0.1) is 0 Å². The average molecular weight is 290 g/mol. The summed E-state index contributed by atoms with van der Waals surface area (Å²) in [6.45, 7) is 10.8. The molecule has 0 unspecified atom stereocenters. The van der Waals surface area contributed by atoms with Gasteiger partial charge in [-0.25, -0.2) is 9.97 Å². The summed E-state index contributed by atoms with van der Waals surface area (Å²) >= 11 is 0. The molecule has 4 heteroatoms. The second kappa shape index (κ2) is 7.62. The Bertz CT molecular complexity index is 438. The Morgan fingerprint density at radius 3 is 2.52 bits per heavy atom. The van der Waals surface area contributed by atoms with Crippen molar-refractivity contribution in [2.24, 2.45) is 5.92 Å². The molecule has 118 valence electrons. The molecule has 0 aromatic carbocycles. The highest BCUT2D eigenvalue weighted by Gasteiger charge is 2.25. The van der Waals surface area contributed by atoms with E-state index < -0.39 is 0 Å². The number of aryl methyl sites for hydroxylation is 1. The van der Waals surface area contributed by atoms with Crippen LogP contribution in [0.2, 0.25) is 0 Å². The molecule has 1 saturated carbocycles. The fourth-order valence-corrected chi connectivity index (χ4v) is 3.10. The van der Waals surface area contributed by atoms with E-state index >= 15 is 0 Å². The zero-order chi connectivity index (χ0) is 15.2. The van der Waals surface area contributed by atoms with Crippen molar-refractivity contribution >= 4 is 11.6 Å². The molecule has 1 aliphatic rings. The molecule has 0 bridgehead atoms. The predicted octanol–water partition coefficient (Wildman–Crippen LogP) is 3.88. The van der Waals surface area contributed by atoms with Crippen molar-refractivity contribution < 1.29 is 0 Å². The third-order valence-electron chi connectivity index (χ3n) is 4.05. The van der Waals surface area contributed by atoms with Crippen LogP contribution in [-0.2, 0) is 6.42 Å². The van der Waals surface area contributed by atoms with Crippen molar-refractivity contribution in [2.45, 2.75) is 65.8 Å². The highest BCUT2D eigenvalue weighted by Crippen LogP contribution is 2.29. The number of hydrogen-bond donors (Lipinski definition) is 1. The van der Waals surface area contributed by atoms with Crippen LogP contribution in [0.4, 0.5) is 11.6 Å². The number of aromatic nitrogens is 2. The Labute approximate surface area is 129 Å². The van der Waals surface area contributed by atoms with Crippen LogP contribution in [0.15, 0.2) is 6.07 Å². The first kappa shape index (κ1) is 16.1. The summed E-state index contributed by atoms with van der Waals surface area (Å²) in [5, 5.41) is 3.34. The summed E-state index contributed by atoms with van der Waals surface area (Å²) < 4.78 is 0. The Kier molecular flexibility index (Phi) is 5.83. The number of nitrogens with zero attached hydrogens (tertiary/aromatic N) is 3. The van der Waals surface area contributed by atoms with E-state index in [9.17, 15) is 0 Å². The van der Waals surface area contributed by atoms with Crippen molar-refractivity contribution in [3.63, 3.8) is 0 Å². The molecule has 0 atom stereocenters. The zero-order valence-electron chi connectivity index (χ0n) is 14.0. The SMILES string of the molecule is CCNc1cc(N(CC(C)C)C2CCCC2)nc(CC)n1. The van der Waals surface area contributed by atoms with Crippen molar-refractivity contribution in [1.82, 2.24) is 9.97 Å². The predicted molar refractivity (Wildman–Crippen MR) is 90.0 cm³/mol. The summed E-state index contributed by atoms with van der Waals surface area (Å²) in [6, 6.07) is 2.78. The first-order chi connectivity index (χ1) is 10.1. The van der Waals surface area contributed by atoms with Gasteiger partial charge in [-0.15, -0.1) is 0 Å². The van der Waals surface area contributed by atoms with Crippen LogP contribution in [0.5, 0.6) is 0 Å². The second-order valence-corrected chi connectivity index (χ2v) is 6.40. The quantitative estimate of drug-likeness (QED) is 0.827. The van der Waals surface area contributed by atoms with Gasteiger partial charge in [-0.05, 0) is 25.7 Å². The van der Waals surface area contributed by atoms with Crippen LogP contribution >= 0.6 is 0 Å². The van der Waals surface area contributed by atoms with Gasteiger partial charge in [-0.2, -0.15) is 0 Å². The van der Waals surface area contributed by atoms with E-state index in [1.807, 2.05) is 0 Å². The van der Waals surface area contributed by atoms with Gasteiger partial charge < -0.3 is 10.2 Å². The monoisotopic (exact) mass is 290 g/mol. The van der Waals surface area contributed by atoms with Gasteiger partial charge in [0.25, 0.3) is 0 Å². The molecule has 1 aromatic rings. The normalized spacial score (nSPS) is 15.7. The minimum atomic E-state index is 0.647. The maximum atomic E-state index is 4.81. The largest absolute Gasteiger partial charge is 0.370 e. The van der Waals surface area contributed by atoms with E-state index in [2.05, 4.69) is 49.0 Å². The number of nitrogens with one attached hydrogen (secondary N) is 1. The van der Waals surface area contributed by atoms with Gasteiger partial charge in [0.1, 0.15) is 17.5 Å². The van der Waals surface area contributed by atoms with E-state index in [-0.39, 0.29) is 0 Å². The number of anilines is 2. The molecule has 1 aliphatic carbocycles. The van der Waals surface area contributed by atoms with Gasteiger partial charge >= 0.3 is 0 Å². The lowest BCUT2D eigenvalue weighted by Crippen LogP contribution is -2.37. The van der Waals surface area contributed by atoms with E-state index in [4.69, 9.17) is 4.98 Å². The standard InChI is InChI=1S/C17H30N4/c1-5-15-19-16(18-6-2)11-17(20-15)21(12-13(3)4)14-9-7-8-10-14/h11,13-14H,5-10,12H2,1-4H3,(H,18,19,20). The van der Waals surface area contributed by atoms with Gasteiger partial charge in [0.15, 0.2) is 0 Å². The van der Waals surface area contributed by atoms with Crippen LogP contribution < -0.4 is 10.2 Å². The molecule has 4 nitrogen and oxygen atoms in total. The van der Waals surface area contributed by atoms with Crippen molar-refractivity contribution in [3.05, 3.63) is 11.9 Å². The van der Waals surface area contributed by atoms with Gasteiger partial charge in [-0.3, -0.25) is 0 Å². The topological polar surface area (TPSA) is 41.0 Å². The first-order valence-electron chi connectivity index (χ1n) is 8.52. The second-order valence-electron chi connectivity index (χ2n) is 6.40. The minimum absolute atomic E-state index is 0.647. The third-order valence-corrected chi connectivity index (χ3v) is 4.05. The Hall–Kier alpha value is -1.32. The highest BCUT2D eigenvalue weighted by atomic mass is 15.2. The van der Waals surface area contributed by atoms with Crippen LogP contribution in [-0.4, -0.2) is 29.1 Å². The average Bonchev–Trinajstić information content (AvgIpc) is 2.98. The number of rotatable bonds is 7. The van der Waals surface area contributed by atoms with E-state index in [0.717, 1.165) is 37.0 Å². The van der Waals surface area contributed by atoms with Crippen LogP contribution in [0, 0.1) is 5.92 Å². The van der Waals surface area contributed by atoms with Crippen molar-refractivity contribution in [1.29, 1.82) is 0 Å². The van der Waals surface area contributed by atoms with E-state index in [1.165, 1.54) is 25.7 Å². The summed E-state index contributed by atoms with van der Waals surface area (Å²) in [7, 11) is 0. The molecular weight excluding hydrogens is 260 g/mol. The maximum Gasteiger partial charge on any atom is 0.134 e. The van der Waals surface area contributed by atoms with Gasteiger partial charge in [-0.1, -0.05) is 33.6 Å². The lowest BCUT2D eigenvalue weighted by molar-refractivity contribution is 0.530. The number of hydrogen-bond acceptors (Lipinski definition) is 4. The Morgan fingerprint density at radius 1 is 1.24 bits per heavy atom. The fourth-order valence-electron chi connectivity index (χ4n) is 3.10. The molecule has 2 rings (SSSR count). The van der Waals surface area contributed by atoms with Crippen LogP contribution in [0.25, 0.3) is 0 Å². The fraction of sp³-hybridized carbons (Fsp3) is 0.765. The summed E-state index contributed by atoms with van der Waals surface area (Å²) in [5.41, 5.74) is 0.